The van der Waals surface area contributed by atoms with Gasteiger partial charge in [0.15, 0.2) is 10.9 Å². The molecule has 0 unspecified atom stereocenters. The van der Waals surface area contributed by atoms with E-state index in [9.17, 15) is 4.79 Å². The summed E-state index contributed by atoms with van der Waals surface area (Å²) in [5.74, 6) is 2.47. The van der Waals surface area contributed by atoms with E-state index in [0.717, 1.165) is 11.4 Å². The molecule has 8 nitrogen and oxygen atoms in total. The summed E-state index contributed by atoms with van der Waals surface area (Å²) in [6, 6.07) is 18.5. The van der Waals surface area contributed by atoms with Crippen molar-refractivity contribution in [3.8, 4) is 28.8 Å². The van der Waals surface area contributed by atoms with Gasteiger partial charge < -0.3 is 19.2 Å². The second-order valence-corrected chi connectivity index (χ2v) is 7.53. The maximum atomic E-state index is 12.6. The lowest BCUT2D eigenvalue weighted by molar-refractivity contribution is -0.113. The summed E-state index contributed by atoms with van der Waals surface area (Å²) in [6.07, 6.45) is 1.58. The lowest BCUT2D eigenvalue weighted by Gasteiger charge is -2.12. The van der Waals surface area contributed by atoms with E-state index in [1.54, 1.807) is 19.4 Å². The third-order valence-electron chi connectivity index (χ3n) is 4.50. The quantitative estimate of drug-likeness (QED) is 0.371. The molecule has 2 aromatic carbocycles. The summed E-state index contributed by atoms with van der Waals surface area (Å²) in [4.78, 5) is 12.6. The Labute approximate surface area is 189 Å². The van der Waals surface area contributed by atoms with Gasteiger partial charge in [0.25, 0.3) is 0 Å². The Morgan fingerprint density at radius 3 is 2.62 bits per heavy atom. The van der Waals surface area contributed by atoms with Crippen molar-refractivity contribution in [1.29, 1.82) is 0 Å². The highest BCUT2D eigenvalue weighted by atomic mass is 32.2. The standard InChI is InChI=1S/C23H22N4O4S/c1-3-30-19-8-5-4-7-18(19)24-21(28)15-32-23-26-25-22(20-9-6-14-31-20)27(23)16-10-12-17(29-2)13-11-16/h4-14H,3,15H2,1-2H3,(H,24,28). The van der Waals surface area contributed by atoms with Crippen molar-refractivity contribution in [2.45, 2.75) is 12.1 Å². The fourth-order valence-electron chi connectivity index (χ4n) is 3.06. The number of anilines is 1. The summed E-state index contributed by atoms with van der Waals surface area (Å²) in [7, 11) is 1.62. The van der Waals surface area contributed by atoms with E-state index in [0.29, 0.717) is 34.8 Å². The van der Waals surface area contributed by atoms with Gasteiger partial charge in [0.05, 0.1) is 37.1 Å². The summed E-state index contributed by atoms with van der Waals surface area (Å²) in [5.41, 5.74) is 1.46. The molecule has 164 valence electrons. The van der Waals surface area contributed by atoms with Crippen molar-refractivity contribution in [2.24, 2.45) is 0 Å². The largest absolute Gasteiger partial charge is 0.497 e. The zero-order chi connectivity index (χ0) is 22.3. The Kier molecular flexibility index (Phi) is 6.76. The first-order valence-electron chi connectivity index (χ1n) is 9.97. The highest BCUT2D eigenvalue weighted by Crippen LogP contribution is 2.30. The van der Waals surface area contributed by atoms with Crippen molar-refractivity contribution >= 4 is 23.4 Å². The fourth-order valence-corrected chi connectivity index (χ4v) is 3.81. The Hall–Kier alpha value is -3.72. The lowest BCUT2D eigenvalue weighted by atomic mass is 10.3. The number of nitrogens with one attached hydrogen (secondary N) is 1. The molecule has 1 amide bonds. The number of amides is 1. The molecule has 2 aromatic heterocycles. The topological polar surface area (TPSA) is 91.4 Å². The van der Waals surface area contributed by atoms with Crippen molar-refractivity contribution < 1.29 is 18.7 Å². The SMILES string of the molecule is CCOc1ccccc1NC(=O)CSc1nnc(-c2ccco2)n1-c1ccc(OC)cc1. The fraction of sp³-hybridized carbons (Fsp3) is 0.174. The van der Waals surface area contributed by atoms with Gasteiger partial charge in [0.1, 0.15) is 11.5 Å². The minimum atomic E-state index is -0.175. The van der Waals surface area contributed by atoms with Crippen LogP contribution in [0.4, 0.5) is 5.69 Å². The predicted molar refractivity (Wildman–Crippen MR) is 123 cm³/mol. The molecule has 0 spiro atoms. The average molecular weight is 451 g/mol. The van der Waals surface area contributed by atoms with Crippen LogP contribution in [0.1, 0.15) is 6.92 Å². The Morgan fingerprint density at radius 1 is 1.09 bits per heavy atom. The number of furan rings is 1. The Bertz CT molecular complexity index is 1170. The molecule has 0 saturated heterocycles. The molecule has 2 heterocycles. The lowest BCUT2D eigenvalue weighted by Crippen LogP contribution is -2.15. The van der Waals surface area contributed by atoms with Crippen LogP contribution < -0.4 is 14.8 Å². The van der Waals surface area contributed by atoms with Gasteiger partial charge in [0.2, 0.25) is 11.7 Å². The van der Waals surface area contributed by atoms with Crippen molar-refractivity contribution in [3.63, 3.8) is 0 Å². The zero-order valence-corrected chi connectivity index (χ0v) is 18.5. The van der Waals surface area contributed by atoms with Gasteiger partial charge in [-0.25, -0.2) is 0 Å². The summed E-state index contributed by atoms with van der Waals surface area (Å²) < 4.78 is 18.2. The van der Waals surface area contributed by atoms with Crippen LogP contribution in [0, 0.1) is 0 Å². The van der Waals surface area contributed by atoms with Gasteiger partial charge in [0, 0.05) is 0 Å². The molecule has 4 aromatic rings. The molecule has 0 aliphatic carbocycles. The van der Waals surface area contributed by atoms with Gasteiger partial charge in [-0.05, 0) is 55.5 Å². The van der Waals surface area contributed by atoms with Gasteiger partial charge in [-0.3, -0.25) is 9.36 Å². The smallest absolute Gasteiger partial charge is 0.234 e. The van der Waals surface area contributed by atoms with Crippen LogP contribution in [0.3, 0.4) is 0 Å². The highest BCUT2D eigenvalue weighted by molar-refractivity contribution is 7.99. The number of hydrogen-bond acceptors (Lipinski definition) is 7. The summed E-state index contributed by atoms with van der Waals surface area (Å²) >= 11 is 1.28. The first kappa shape index (κ1) is 21.5. The van der Waals surface area contributed by atoms with E-state index >= 15 is 0 Å². The molecular weight excluding hydrogens is 428 g/mol. The van der Waals surface area contributed by atoms with Crippen LogP contribution in [0.5, 0.6) is 11.5 Å². The van der Waals surface area contributed by atoms with E-state index in [4.69, 9.17) is 13.9 Å². The van der Waals surface area contributed by atoms with Crippen LogP contribution in [0.2, 0.25) is 0 Å². The minimum Gasteiger partial charge on any atom is -0.497 e. The van der Waals surface area contributed by atoms with E-state index < -0.39 is 0 Å². The van der Waals surface area contributed by atoms with Gasteiger partial charge in [-0.15, -0.1) is 10.2 Å². The van der Waals surface area contributed by atoms with E-state index in [-0.39, 0.29) is 11.7 Å². The number of para-hydroxylation sites is 2. The molecule has 0 saturated carbocycles. The molecule has 0 aliphatic heterocycles. The number of hydrogen-bond donors (Lipinski definition) is 1. The van der Waals surface area contributed by atoms with Crippen molar-refractivity contribution in [2.75, 3.05) is 24.8 Å². The molecule has 0 atom stereocenters. The Balaban J connectivity index is 1.55. The van der Waals surface area contributed by atoms with Gasteiger partial charge in [-0.2, -0.15) is 0 Å². The molecule has 0 fully saturated rings. The maximum absolute atomic E-state index is 12.6. The Morgan fingerprint density at radius 2 is 1.91 bits per heavy atom. The second-order valence-electron chi connectivity index (χ2n) is 6.58. The number of nitrogens with zero attached hydrogens (tertiary/aromatic N) is 3. The zero-order valence-electron chi connectivity index (χ0n) is 17.6. The highest BCUT2D eigenvalue weighted by Gasteiger charge is 2.19. The van der Waals surface area contributed by atoms with Gasteiger partial charge >= 0.3 is 0 Å². The van der Waals surface area contributed by atoms with Crippen LogP contribution in [0.15, 0.2) is 76.5 Å². The summed E-state index contributed by atoms with van der Waals surface area (Å²) in [5, 5.41) is 12.1. The first-order valence-corrected chi connectivity index (χ1v) is 11.0. The number of carbonyl (C=O) groups excluding carboxylic acids is 1. The number of rotatable bonds is 9. The molecule has 0 bridgehead atoms. The van der Waals surface area contributed by atoms with Crippen LogP contribution in [0.25, 0.3) is 17.3 Å². The second kappa shape index (κ2) is 10.1. The molecule has 4 rings (SSSR count). The number of ether oxygens (including phenoxy) is 2. The van der Waals surface area contributed by atoms with E-state index in [1.807, 2.05) is 66.1 Å². The number of methoxy groups -OCH3 is 1. The number of aromatic nitrogens is 3. The molecular formula is C23H22N4O4S. The number of benzene rings is 2. The van der Waals surface area contributed by atoms with Crippen molar-refractivity contribution in [1.82, 2.24) is 14.8 Å². The van der Waals surface area contributed by atoms with Crippen LogP contribution >= 0.6 is 11.8 Å². The van der Waals surface area contributed by atoms with Crippen molar-refractivity contribution in [3.05, 3.63) is 66.9 Å². The normalized spacial score (nSPS) is 10.7. The van der Waals surface area contributed by atoms with Crippen LogP contribution in [-0.2, 0) is 4.79 Å². The molecule has 0 radical (unpaired) electrons. The number of thioether (sulfide) groups is 1. The predicted octanol–water partition coefficient (Wildman–Crippen LogP) is 4.67. The van der Waals surface area contributed by atoms with Crippen LogP contribution in [-0.4, -0.2) is 40.1 Å². The minimum absolute atomic E-state index is 0.146. The van der Waals surface area contributed by atoms with E-state index in [2.05, 4.69) is 15.5 Å². The maximum Gasteiger partial charge on any atom is 0.234 e. The average Bonchev–Trinajstić information content (AvgIpc) is 3.49. The molecule has 1 N–H and O–H groups in total. The third kappa shape index (κ3) is 4.78. The van der Waals surface area contributed by atoms with E-state index in [1.165, 1.54) is 11.8 Å². The molecule has 0 aliphatic rings. The summed E-state index contributed by atoms with van der Waals surface area (Å²) in [6.45, 7) is 2.42. The third-order valence-corrected chi connectivity index (χ3v) is 5.43. The number of carbonyl (C=O) groups is 1. The van der Waals surface area contributed by atoms with Gasteiger partial charge in [-0.1, -0.05) is 23.9 Å². The molecule has 32 heavy (non-hydrogen) atoms. The first-order chi connectivity index (χ1) is 15.7. The molecule has 9 heteroatoms. The monoisotopic (exact) mass is 450 g/mol.